The number of hydrogen-bond donors (Lipinski definition) is 1. The Morgan fingerprint density at radius 3 is 2.59 bits per heavy atom. The van der Waals surface area contributed by atoms with E-state index in [-0.39, 0.29) is 34.8 Å². The molecule has 2 aliphatic carbocycles. The molecule has 0 aromatic heterocycles. The van der Waals surface area contributed by atoms with Gasteiger partial charge in [0.2, 0.25) is 10.0 Å². The lowest BCUT2D eigenvalue weighted by atomic mass is 9.70. The van der Waals surface area contributed by atoms with E-state index < -0.39 is 15.4 Å². The maximum Gasteiger partial charge on any atom is 0.311 e. The van der Waals surface area contributed by atoms with Crippen molar-refractivity contribution in [1.29, 1.82) is 0 Å². The van der Waals surface area contributed by atoms with E-state index in [4.69, 9.17) is 4.74 Å². The van der Waals surface area contributed by atoms with Crippen LogP contribution in [0.4, 0.5) is 5.69 Å². The van der Waals surface area contributed by atoms with Gasteiger partial charge < -0.3 is 4.74 Å². The number of rotatable bonds is 4. The second kappa shape index (κ2) is 5.80. The van der Waals surface area contributed by atoms with E-state index in [1.165, 1.54) is 0 Å². The lowest BCUT2D eigenvalue weighted by molar-refractivity contribution is -0.135. The number of nitrogens with one attached hydrogen (secondary N) is 1. The Bertz CT molecular complexity index is 936. The highest BCUT2D eigenvalue weighted by atomic mass is 32.2. The van der Waals surface area contributed by atoms with Gasteiger partial charge in [-0.1, -0.05) is 26.8 Å². The average molecular weight is 391 g/mol. The molecule has 1 heterocycles. The number of carbonyl (C=O) groups excluding carboxylic acids is 2. The number of Topliss-reactive ketones (excluding diaryl/α,β-unsaturated/α-hetero) is 1. The molecule has 27 heavy (non-hydrogen) atoms. The molecule has 1 aliphatic heterocycles. The van der Waals surface area contributed by atoms with Crippen LogP contribution in [0.15, 0.2) is 18.2 Å². The summed E-state index contributed by atoms with van der Waals surface area (Å²) in [4.78, 5) is 24.3. The fourth-order valence-corrected chi connectivity index (χ4v) is 7.15. The number of anilines is 1. The van der Waals surface area contributed by atoms with Gasteiger partial charge in [0, 0.05) is 12.5 Å². The zero-order chi connectivity index (χ0) is 19.6. The van der Waals surface area contributed by atoms with Gasteiger partial charge in [0.05, 0.1) is 23.3 Å². The van der Waals surface area contributed by atoms with Crippen molar-refractivity contribution in [3.63, 3.8) is 0 Å². The molecule has 1 aromatic carbocycles. The predicted molar refractivity (Wildman–Crippen MR) is 101 cm³/mol. The highest BCUT2D eigenvalue weighted by Gasteiger charge is 2.65. The van der Waals surface area contributed by atoms with Gasteiger partial charge in [-0.2, -0.15) is 0 Å². The Kier molecular flexibility index (Phi) is 3.97. The van der Waals surface area contributed by atoms with E-state index in [9.17, 15) is 18.0 Å². The van der Waals surface area contributed by atoms with Crippen LogP contribution in [0.3, 0.4) is 0 Å². The third kappa shape index (κ3) is 2.78. The van der Waals surface area contributed by atoms with Crippen molar-refractivity contribution >= 4 is 27.5 Å². The van der Waals surface area contributed by atoms with Crippen molar-refractivity contribution in [2.75, 3.05) is 10.5 Å². The first-order chi connectivity index (χ1) is 12.5. The summed E-state index contributed by atoms with van der Waals surface area (Å²) in [6.45, 7) is 5.97. The number of ketones is 1. The molecule has 3 aliphatic rings. The minimum atomic E-state index is -3.73. The van der Waals surface area contributed by atoms with E-state index >= 15 is 0 Å². The Balaban J connectivity index is 1.59. The summed E-state index contributed by atoms with van der Waals surface area (Å²) in [5, 5.41) is 0. The Morgan fingerprint density at radius 1 is 1.22 bits per heavy atom. The van der Waals surface area contributed by atoms with E-state index in [0.717, 1.165) is 12.0 Å². The van der Waals surface area contributed by atoms with Crippen LogP contribution in [0.25, 0.3) is 0 Å². The lowest BCUT2D eigenvalue weighted by Gasteiger charge is -2.36. The van der Waals surface area contributed by atoms with Crippen molar-refractivity contribution in [2.24, 2.45) is 16.7 Å². The van der Waals surface area contributed by atoms with Gasteiger partial charge in [0.1, 0.15) is 11.5 Å². The van der Waals surface area contributed by atoms with Gasteiger partial charge in [-0.25, -0.2) is 8.42 Å². The molecule has 0 radical (unpaired) electrons. The zero-order valence-electron chi connectivity index (χ0n) is 15.9. The van der Waals surface area contributed by atoms with E-state index in [2.05, 4.69) is 4.72 Å². The summed E-state index contributed by atoms with van der Waals surface area (Å²) in [7, 11) is -3.73. The van der Waals surface area contributed by atoms with Crippen LogP contribution in [0.1, 0.15) is 57.9 Å². The first-order valence-electron chi connectivity index (χ1n) is 9.42. The molecule has 2 saturated carbocycles. The summed E-state index contributed by atoms with van der Waals surface area (Å²) in [6, 6.07) is 5.03. The molecule has 1 aromatic rings. The van der Waals surface area contributed by atoms with Crippen LogP contribution in [-0.2, 0) is 19.6 Å². The van der Waals surface area contributed by atoms with Crippen LogP contribution in [0.5, 0.6) is 5.75 Å². The number of benzene rings is 1. The van der Waals surface area contributed by atoms with Gasteiger partial charge in [0.15, 0.2) is 0 Å². The van der Waals surface area contributed by atoms with Gasteiger partial charge >= 0.3 is 5.97 Å². The van der Waals surface area contributed by atoms with Crippen LogP contribution < -0.4 is 9.46 Å². The van der Waals surface area contributed by atoms with Gasteiger partial charge in [0.25, 0.3) is 0 Å². The SMILES string of the molecule is CC1CC(=O)Oc2cc(NS(=O)(=O)CC34CCC(CC3=O)C4(C)C)ccc21. The fraction of sp³-hybridized carbons (Fsp3) is 0.600. The van der Waals surface area contributed by atoms with Gasteiger partial charge in [-0.3, -0.25) is 14.3 Å². The molecule has 146 valence electrons. The van der Waals surface area contributed by atoms with E-state index in [1.54, 1.807) is 18.2 Å². The second-order valence-electron chi connectivity index (χ2n) is 8.86. The minimum absolute atomic E-state index is 0.0399. The zero-order valence-corrected chi connectivity index (χ0v) is 16.7. The maximum atomic E-state index is 12.9. The van der Waals surface area contributed by atoms with Crippen LogP contribution in [0.2, 0.25) is 0 Å². The molecule has 1 N–H and O–H groups in total. The number of sulfonamides is 1. The number of fused-ring (bicyclic) bond motifs is 3. The van der Waals surface area contributed by atoms with E-state index in [0.29, 0.717) is 30.7 Å². The smallest absolute Gasteiger partial charge is 0.311 e. The summed E-state index contributed by atoms with van der Waals surface area (Å²) in [5.74, 6) is 0.264. The molecule has 6 nitrogen and oxygen atoms in total. The van der Waals surface area contributed by atoms with Crippen molar-refractivity contribution in [3.8, 4) is 5.75 Å². The molecular formula is C20H25NO5S. The van der Waals surface area contributed by atoms with Gasteiger partial charge in [-0.05, 0) is 41.7 Å². The first-order valence-corrected chi connectivity index (χ1v) is 11.1. The normalized spacial score (nSPS) is 31.5. The highest BCUT2D eigenvalue weighted by Crippen LogP contribution is 2.64. The van der Waals surface area contributed by atoms with Gasteiger partial charge in [-0.15, -0.1) is 0 Å². The third-order valence-corrected chi connectivity index (χ3v) is 8.51. The maximum absolute atomic E-state index is 12.9. The minimum Gasteiger partial charge on any atom is -0.426 e. The molecule has 0 spiro atoms. The summed E-state index contributed by atoms with van der Waals surface area (Å²) >= 11 is 0. The quantitative estimate of drug-likeness (QED) is 0.629. The fourth-order valence-electron chi connectivity index (χ4n) is 5.27. The Labute approximate surface area is 159 Å². The third-order valence-electron chi connectivity index (χ3n) is 7.09. The monoisotopic (exact) mass is 391 g/mol. The van der Waals surface area contributed by atoms with Crippen LogP contribution >= 0.6 is 0 Å². The van der Waals surface area contributed by atoms with Crippen molar-refractivity contribution in [3.05, 3.63) is 23.8 Å². The number of ether oxygens (including phenoxy) is 1. The number of carbonyl (C=O) groups is 2. The topological polar surface area (TPSA) is 89.5 Å². The molecular weight excluding hydrogens is 366 g/mol. The second-order valence-corrected chi connectivity index (χ2v) is 10.6. The van der Waals surface area contributed by atoms with Crippen molar-refractivity contribution < 1.29 is 22.7 Å². The van der Waals surface area contributed by atoms with Crippen LogP contribution in [0, 0.1) is 16.7 Å². The molecule has 0 saturated heterocycles. The molecule has 7 heteroatoms. The standard InChI is InChI=1S/C20H25NO5S/c1-12-8-18(23)26-16-10-14(4-5-15(12)16)21-27(24,25)11-20-7-6-13(9-17(20)22)19(20,2)3/h4-5,10,12-13,21H,6-9,11H2,1-3H3. The number of esters is 1. The van der Waals surface area contributed by atoms with Crippen molar-refractivity contribution in [2.45, 2.75) is 52.4 Å². The Morgan fingerprint density at radius 2 is 1.96 bits per heavy atom. The van der Waals surface area contributed by atoms with E-state index in [1.807, 2.05) is 20.8 Å². The summed E-state index contributed by atoms with van der Waals surface area (Å²) in [6.07, 6.45) is 2.33. The molecule has 2 fully saturated rings. The average Bonchev–Trinajstić information content (AvgIpc) is 2.87. The molecule has 0 amide bonds. The highest BCUT2D eigenvalue weighted by molar-refractivity contribution is 7.92. The summed E-state index contributed by atoms with van der Waals surface area (Å²) in [5.41, 5.74) is 0.130. The molecule has 3 unspecified atom stereocenters. The molecule has 2 bridgehead atoms. The molecule has 4 rings (SSSR count). The molecule has 3 atom stereocenters. The first kappa shape index (κ1) is 18.5. The number of hydrogen-bond acceptors (Lipinski definition) is 5. The van der Waals surface area contributed by atoms with Crippen molar-refractivity contribution in [1.82, 2.24) is 0 Å². The predicted octanol–water partition coefficient (Wildman–Crippen LogP) is 3.24. The summed E-state index contributed by atoms with van der Waals surface area (Å²) < 4.78 is 33.6. The van der Waals surface area contributed by atoms with Crippen LogP contribution in [-0.4, -0.2) is 25.9 Å². The largest absolute Gasteiger partial charge is 0.426 e. The Hall–Kier alpha value is -1.89. The lowest BCUT2D eigenvalue weighted by Crippen LogP contribution is -2.43.